The average Bonchev–Trinajstić information content (AvgIpc) is 2.75. The van der Waals surface area contributed by atoms with Crippen LogP contribution in [0.25, 0.3) is 0 Å². The van der Waals surface area contributed by atoms with E-state index in [1.54, 1.807) is 6.20 Å². The predicted octanol–water partition coefficient (Wildman–Crippen LogP) is 4.60. The smallest absolute Gasteiger partial charge is 0.267 e. The highest BCUT2D eigenvalue weighted by atomic mass is 16.1. The molecule has 0 bridgehead atoms. The van der Waals surface area contributed by atoms with Gasteiger partial charge in [0.2, 0.25) is 0 Å². The first kappa shape index (κ1) is 21.4. The molecule has 1 fully saturated rings. The monoisotopic (exact) mass is 402 g/mol. The Morgan fingerprint density at radius 1 is 1.07 bits per heavy atom. The van der Waals surface area contributed by atoms with E-state index in [2.05, 4.69) is 67.1 Å². The van der Waals surface area contributed by atoms with Gasteiger partial charge in [0, 0.05) is 43.8 Å². The van der Waals surface area contributed by atoms with Crippen LogP contribution in [0, 0.1) is 25.2 Å². The summed E-state index contributed by atoms with van der Waals surface area (Å²) in [6.45, 7) is 11.8. The fourth-order valence-corrected chi connectivity index (χ4v) is 3.64. The molecule has 30 heavy (non-hydrogen) atoms. The Balaban J connectivity index is 1.62. The third-order valence-corrected chi connectivity index (χ3v) is 5.74. The number of amides is 1. The summed E-state index contributed by atoms with van der Waals surface area (Å²) in [4.78, 5) is 17.0. The van der Waals surface area contributed by atoms with Crippen molar-refractivity contribution < 1.29 is 4.79 Å². The summed E-state index contributed by atoms with van der Waals surface area (Å²) in [6, 6.07) is 16.2. The molecule has 0 unspecified atom stereocenters. The Hall–Kier alpha value is -3.26. The van der Waals surface area contributed by atoms with E-state index in [-0.39, 0.29) is 11.5 Å². The Bertz CT molecular complexity index is 962. The Morgan fingerprint density at radius 3 is 2.33 bits per heavy atom. The molecule has 2 aromatic carbocycles. The van der Waals surface area contributed by atoms with Crippen LogP contribution >= 0.6 is 0 Å². The molecule has 1 N–H and O–H groups in total. The molecule has 2 aromatic rings. The molecule has 1 amide bonds. The molecule has 3 rings (SSSR count). The SMILES string of the molecule is Cc1cccc(N2CCN(/C=C(/C#N)C(=O)Nc3ccc(C(C)C)cc3)CC2)c1C. The summed E-state index contributed by atoms with van der Waals surface area (Å²) in [7, 11) is 0. The van der Waals surface area contributed by atoms with E-state index >= 15 is 0 Å². The average molecular weight is 403 g/mol. The van der Waals surface area contributed by atoms with Crippen LogP contribution in [0.2, 0.25) is 0 Å². The van der Waals surface area contributed by atoms with Crippen LogP contribution in [0.15, 0.2) is 54.2 Å². The molecule has 1 heterocycles. The Kier molecular flexibility index (Phi) is 6.79. The summed E-state index contributed by atoms with van der Waals surface area (Å²) >= 11 is 0. The van der Waals surface area contributed by atoms with Gasteiger partial charge >= 0.3 is 0 Å². The summed E-state index contributed by atoms with van der Waals surface area (Å²) in [5.74, 6) is 0.0679. The van der Waals surface area contributed by atoms with Crippen molar-refractivity contribution in [1.82, 2.24) is 4.90 Å². The van der Waals surface area contributed by atoms with Crippen molar-refractivity contribution in [1.29, 1.82) is 5.26 Å². The fourth-order valence-electron chi connectivity index (χ4n) is 3.64. The highest BCUT2D eigenvalue weighted by Crippen LogP contribution is 2.24. The number of anilines is 2. The zero-order chi connectivity index (χ0) is 21.7. The van der Waals surface area contributed by atoms with Gasteiger partial charge in [-0.2, -0.15) is 5.26 Å². The number of nitrogens with zero attached hydrogens (tertiary/aromatic N) is 3. The number of carbonyl (C=O) groups excluding carboxylic acids is 1. The molecule has 0 radical (unpaired) electrons. The number of hydrogen-bond donors (Lipinski definition) is 1. The van der Waals surface area contributed by atoms with Crippen molar-refractivity contribution >= 4 is 17.3 Å². The summed E-state index contributed by atoms with van der Waals surface area (Å²) in [5, 5.41) is 12.3. The minimum Gasteiger partial charge on any atom is -0.373 e. The molecule has 0 saturated carbocycles. The maximum Gasteiger partial charge on any atom is 0.267 e. The van der Waals surface area contributed by atoms with E-state index < -0.39 is 0 Å². The number of hydrogen-bond acceptors (Lipinski definition) is 4. The molecule has 156 valence electrons. The van der Waals surface area contributed by atoms with Gasteiger partial charge in [0.25, 0.3) is 5.91 Å². The van der Waals surface area contributed by atoms with Gasteiger partial charge in [-0.1, -0.05) is 38.1 Å². The first-order valence-corrected chi connectivity index (χ1v) is 10.5. The predicted molar refractivity (Wildman–Crippen MR) is 123 cm³/mol. The van der Waals surface area contributed by atoms with Gasteiger partial charge in [0.15, 0.2) is 0 Å². The van der Waals surface area contributed by atoms with Crippen LogP contribution in [0.5, 0.6) is 0 Å². The number of nitrogens with one attached hydrogen (secondary N) is 1. The molecule has 0 spiro atoms. The van der Waals surface area contributed by atoms with E-state index in [1.807, 2.05) is 24.3 Å². The molecule has 0 aliphatic carbocycles. The van der Waals surface area contributed by atoms with Crippen LogP contribution in [-0.2, 0) is 4.79 Å². The van der Waals surface area contributed by atoms with Gasteiger partial charge in [-0.3, -0.25) is 4.79 Å². The van der Waals surface area contributed by atoms with Crippen molar-refractivity contribution in [2.75, 3.05) is 36.4 Å². The van der Waals surface area contributed by atoms with Gasteiger partial charge in [0.1, 0.15) is 11.6 Å². The van der Waals surface area contributed by atoms with Crippen molar-refractivity contribution in [2.24, 2.45) is 0 Å². The lowest BCUT2D eigenvalue weighted by Crippen LogP contribution is -2.44. The second kappa shape index (κ2) is 9.49. The third-order valence-electron chi connectivity index (χ3n) is 5.74. The second-order valence-corrected chi connectivity index (χ2v) is 8.13. The minimum absolute atomic E-state index is 0.128. The summed E-state index contributed by atoms with van der Waals surface area (Å²) in [5.41, 5.74) is 5.91. The first-order valence-electron chi connectivity index (χ1n) is 10.5. The molecular weight excluding hydrogens is 372 g/mol. The third kappa shape index (κ3) is 5.01. The lowest BCUT2D eigenvalue weighted by Gasteiger charge is -2.36. The van der Waals surface area contributed by atoms with Gasteiger partial charge in [0.05, 0.1) is 0 Å². The topological polar surface area (TPSA) is 59.4 Å². The van der Waals surface area contributed by atoms with E-state index in [4.69, 9.17) is 0 Å². The lowest BCUT2D eigenvalue weighted by atomic mass is 10.0. The Morgan fingerprint density at radius 2 is 1.73 bits per heavy atom. The van der Waals surface area contributed by atoms with Gasteiger partial charge in [-0.25, -0.2) is 0 Å². The highest BCUT2D eigenvalue weighted by Gasteiger charge is 2.19. The molecule has 1 aliphatic heterocycles. The van der Waals surface area contributed by atoms with Crippen molar-refractivity contribution in [2.45, 2.75) is 33.6 Å². The quantitative estimate of drug-likeness (QED) is 0.587. The maximum absolute atomic E-state index is 12.6. The largest absolute Gasteiger partial charge is 0.373 e. The zero-order valence-electron chi connectivity index (χ0n) is 18.3. The fraction of sp³-hybridized carbons (Fsp3) is 0.360. The van der Waals surface area contributed by atoms with Gasteiger partial charge < -0.3 is 15.1 Å². The van der Waals surface area contributed by atoms with Crippen LogP contribution in [0.1, 0.15) is 36.5 Å². The number of benzene rings is 2. The lowest BCUT2D eigenvalue weighted by molar-refractivity contribution is -0.112. The Labute approximate surface area is 179 Å². The number of carbonyl (C=O) groups is 1. The summed E-state index contributed by atoms with van der Waals surface area (Å²) < 4.78 is 0. The van der Waals surface area contributed by atoms with E-state index in [1.165, 1.54) is 22.4 Å². The van der Waals surface area contributed by atoms with Crippen molar-refractivity contribution in [3.05, 3.63) is 70.9 Å². The number of piperazine rings is 1. The first-order chi connectivity index (χ1) is 14.4. The number of aryl methyl sites for hydroxylation is 1. The van der Waals surface area contributed by atoms with Crippen molar-refractivity contribution in [3.63, 3.8) is 0 Å². The van der Waals surface area contributed by atoms with Gasteiger partial charge in [-0.15, -0.1) is 0 Å². The van der Waals surface area contributed by atoms with E-state index in [0.717, 1.165) is 26.2 Å². The van der Waals surface area contributed by atoms with Crippen molar-refractivity contribution in [3.8, 4) is 6.07 Å². The van der Waals surface area contributed by atoms with Crippen LogP contribution < -0.4 is 10.2 Å². The minimum atomic E-state index is -0.369. The van der Waals surface area contributed by atoms with E-state index in [0.29, 0.717) is 11.6 Å². The highest BCUT2D eigenvalue weighted by molar-refractivity contribution is 6.06. The van der Waals surface area contributed by atoms with Crippen LogP contribution in [0.3, 0.4) is 0 Å². The maximum atomic E-state index is 12.6. The molecular formula is C25H30N4O. The second-order valence-electron chi connectivity index (χ2n) is 8.13. The van der Waals surface area contributed by atoms with Gasteiger partial charge in [-0.05, 0) is 54.7 Å². The van der Waals surface area contributed by atoms with Crippen LogP contribution in [0.4, 0.5) is 11.4 Å². The molecule has 1 aliphatic rings. The molecule has 0 atom stereocenters. The normalized spacial score (nSPS) is 14.6. The molecule has 0 aromatic heterocycles. The van der Waals surface area contributed by atoms with E-state index in [9.17, 15) is 10.1 Å². The summed E-state index contributed by atoms with van der Waals surface area (Å²) in [6.07, 6.45) is 1.69. The zero-order valence-corrected chi connectivity index (χ0v) is 18.3. The standard InChI is InChI=1S/C25H30N4O/c1-18(2)21-8-10-23(11-9-21)27-25(30)22(16-26)17-28-12-14-29(15-13-28)24-7-5-6-19(3)20(24)4/h5-11,17-18H,12-15H2,1-4H3,(H,27,30)/b22-17-. The molecule has 5 heteroatoms. The van der Waals surface area contributed by atoms with Crippen LogP contribution in [-0.4, -0.2) is 37.0 Å². The number of nitriles is 1. The molecule has 5 nitrogen and oxygen atoms in total. The number of rotatable bonds is 5. The molecule has 1 saturated heterocycles.